The fraction of sp³-hybridized carbons (Fsp3) is 0.556. The van der Waals surface area contributed by atoms with E-state index >= 15 is 0 Å². The zero-order valence-corrected chi connectivity index (χ0v) is 28.8. The number of amides is 1. The van der Waals surface area contributed by atoms with E-state index in [-0.39, 0.29) is 28.7 Å². The molecule has 2 aliphatic carbocycles. The number of benzene rings is 2. The lowest BCUT2D eigenvalue weighted by molar-refractivity contribution is -0.101. The number of aliphatic hydroxyl groups is 1. The molecule has 9 nitrogen and oxygen atoms in total. The zero-order chi connectivity index (χ0) is 33.0. The normalized spacial score (nSPS) is 32.3. The van der Waals surface area contributed by atoms with Crippen molar-refractivity contribution >= 4 is 33.2 Å². The molecule has 1 fully saturated rings. The minimum Gasteiger partial charge on any atom is -0.490 e. The van der Waals surface area contributed by atoms with Crippen molar-refractivity contribution in [3.8, 4) is 5.75 Å². The van der Waals surface area contributed by atoms with Gasteiger partial charge >= 0.3 is 0 Å². The number of rotatable bonds is 2. The van der Waals surface area contributed by atoms with Crippen molar-refractivity contribution < 1.29 is 23.1 Å². The Labute approximate surface area is 282 Å². The van der Waals surface area contributed by atoms with Gasteiger partial charge in [-0.25, -0.2) is 13.1 Å². The first-order valence-electron chi connectivity index (χ1n) is 17.0. The maximum absolute atomic E-state index is 13.5. The minimum atomic E-state index is -3.95. The standard InChI is InChI=1S/C36H45ClN4O5S/c1-24-6-3-15-36(43,22-41-17-5-16-38-41)31-11-8-28(31)20-40-21-35(14-4-7-26-18-29(37)10-12-30(26)35)23-46-33-13-9-27(19-32(33)40)34(42)39-47(44,45)25(24)2/h5,9-10,12-13,16-19,24-25,28,31,43H,3-4,6-8,11,14-15,20-23H2,1-2H3,(H,39,42)/t24-,25+,28-,31+,35-,36-/m0/s1. The third-order valence-corrected chi connectivity index (χ3v) is 13.8. The minimum absolute atomic E-state index is 0.0450. The van der Waals surface area contributed by atoms with Crippen LogP contribution in [0.4, 0.5) is 5.69 Å². The number of halogens is 1. The quantitative estimate of drug-likeness (QED) is 0.355. The smallest absolute Gasteiger partial charge is 0.264 e. The van der Waals surface area contributed by atoms with Crippen molar-refractivity contribution in [3.05, 3.63) is 76.6 Å². The maximum atomic E-state index is 13.5. The number of carbonyl (C=O) groups is 1. The molecule has 4 aliphatic rings. The topological polar surface area (TPSA) is 114 Å². The summed E-state index contributed by atoms with van der Waals surface area (Å²) in [6.07, 6.45) is 10.3. The summed E-state index contributed by atoms with van der Waals surface area (Å²) in [5, 5.41) is 16.8. The Hall–Kier alpha value is -3.08. The van der Waals surface area contributed by atoms with Crippen LogP contribution in [-0.4, -0.2) is 59.8 Å². The molecule has 47 heavy (non-hydrogen) atoms. The van der Waals surface area contributed by atoms with Gasteiger partial charge in [-0.1, -0.05) is 31.0 Å². The highest BCUT2D eigenvalue weighted by atomic mass is 35.5. The molecule has 6 atom stereocenters. The number of aryl methyl sites for hydroxylation is 1. The molecule has 1 spiro atoms. The van der Waals surface area contributed by atoms with Crippen LogP contribution in [-0.2, 0) is 28.4 Å². The summed E-state index contributed by atoms with van der Waals surface area (Å²) in [6.45, 7) is 5.79. The van der Waals surface area contributed by atoms with Gasteiger partial charge in [0.05, 0.1) is 29.7 Å². The molecule has 1 aromatic heterocycles. The summed E-state index contributed by atoms with van der Waals surface area (Å²) < 4.78 is 37.6. The monoisotopic (exact) mass is 680 g/mol. The van der Waals surface area contributed by atoms with Crippen molar-refractivity contribution in [2.24, 2.45) is 17.8 Å². The Morgan fingerprint density at radius 3 is 2.72 bits per heavy atom. The fourth-order valence-electron chi connectivity index (χ4n) is 8.64. The number of ether oxygens (including phenoxy) is 1. The van der Waals surface area contributed by atoms with E-state index in [1.54, 1.807) is 31.3 Å². The highest BCUT2D eigenvalue weighted by molar-refractivity contribution is 7.90. The molecule has 252 valence electrons. The predicted octanol–water partition coefficient (Wildman–Crippen LogP) is 5.74. The second kappa shape index (κ2) is 12.4. The van der Waals surface area contributed by atoms with Crippen LogP contribution in [0.15, 0.2) is 54.9 Å². The Morgan fingerprint density at radius 1 is 1.11 bits per heavy atom. The SMILES string of the molecule is C[C@@H]1[C@@H](C)CCC[C@](O)(Cn2cccn2)[C@@H]2CC[C@H]2CN2C[C@@]3(CCCc4cc(Cl)ccc43)COc3ccc(cc32)C(=O)NS1(=O)=O. The van der Waals surface area contributed by atoms with Crippen LogP contribution in [0.25, 0.3) is 0 Å². The Kier molecular flexibility index (Phi) is 8.58. The first-order valence-corrected chi connectivity index (χ1v) is 19.0. The summed E-state index contributed by atoms with van der Waals surface area (Å²) in [5.74, 6) is 0.0935. The van der Waals surface area contributed by atoms with Crippen molar-refractivity contribution in [1.82, 2.24) is 14.5 Å². The number of aromatic nitrogens is 2. The Balaban J connectivity index is 1.31. The van der Waals surface area contributed by atoms with Gasteiger partial charge in [0.25, 0.3) is 5.91 Å². The third kappa shape index (κ3) is 6.17. The second-order valence-corrected chi connectivity index (χ2v) is 17.1. The molecule has 0 radical (unpaired) electrons. The van der Waals surface area contributed by atoms with Crippen molar-refractivity contribution in [2.45, 2.75) is 88.0 Å². The van der Waals surface area contributed by atoms with Crippen LogP contribution >= 0.6 is 11.6 Å². The Bertz CT molecular complexity index is 1750. The molecule has 0 unspecified atom stereocenters. The van der Waals surface area contributed by atoms with Gasteiger partial charge < -0.3 is 14.7 Å². The van der Waals surface area contributed by atoms with Gasteiger partial charge in [0.1, 0.15) is 5.75 Å². The molecule has 1 saturated carbocycles. The molecule has 2 bridgehead atoms. The first kappa shape index (κ1) is 32.5. The molecule has 2 aromatic carbocycles. The summed E-state index contributed by atoms with van der Waals surface area (Å²) in [5.41, 5.74) is 2.26. The zero-order valence-electron chi connectivity index (χ0n) is 27.2. The van der Waals surface area contributed by atoms with E-state index in [0.29, 0.717) is 51.3 Å². The molecule has 11 heteroatoms. The van der Waals surface area contributed by atoms with E-state index in [1.165, 1.54) is 11.1 Å². The largest absolute Gasteiger partial charge is 0.490 e. The lowest BCUT2D eigenvalue weighted by Gasteiger charge is -2.50. The van der Waals surface area contributed by atoms with Crippen molar-refractivity contribution in [2.75, 3.05) is 24.6 Å². The number of nitrogens with zero attached hydrogens (tertiary/aromatic N) is 3. The number of sulfonamides is 1. The van der Waals surface area contributed by atoms with E-state index in [2.05, 4.69) is 26.9 Å². The third-order valence-electron chi connectivity index (χ3n) is 11.7. The molecular formula is C36H45ClN4O5S. The fourth-order valence-corrected chi connectivity index (χ4v) is 10.1. The van der Waals surface area contributed by atoms with Gasteiger partial charge in [0.2, 0.25) is 10.0 Å². The molecule has 0 saturated heterocycles. The van der Waals surface area contributed by atoms with Gasteiger partial charge in [-0.15, -0.1) is 0 Å². The van der Waals surface area contributed by atoms with Crippen LogP contribution in [0.2, 0.25) is 5.02 Å². The molecule has 2 aliphatic heterocycles. The first-order chi connectivity index (χ1) is 22.5. The summed E-state index contributed by atoms with van der Waals surface area (Å²) in [7, 11) is -3.95. The van der Waals surface area contributed by atoms with Crippen LogP contribution in [0.3, 0.4) is 0 Å². The lowest BCUT2D eigenvalue weighted by Crippen LogP contribution is -2.54. The van der Waals surface area contributed by atoms with Crippen LogP contribution in [0.1, 0.15) is 80.3 Å². The van der Waals surface area contributed by atoms with Crippen LogP contribution in [0, 0.1) is 17.8 Å². The number of anilines is 1. The summed E-state index contributed by atoms with van der Waals surface area (Å²) >= 11 is 6.44. The number of hydrogen-bond donors (Lipinski definition) is 2. The molecule has 1 amide bonds. The number of nitrogens with one attached hydrogen (secondary N) is 1. The van der Waals surface area contributed by atoms with Gasteiger partial charge in [-0.05, 0) is 117 Å². The summed E-state index contributed by atoms with van der Waals surface area (Å²) in [6, 6.07) is 13.3. The lowest BCUT2D eigenvalue weighted by atomic mass is 9.62. The predicted molar refractivity (Wildman–Crippen MR) is 182 cm³/mol. The molecule has 3 heterocycles. The number of carbonyl (C=O) groups excluding carboxylic acids is 1. The van der Waals surface area contributed by atoms with E-state index < -0.39 is 26.8 Å². The molecule has 7 rings (SSSR count). The van der Waals surface area contributed by atoms with Crippen LogP contribution < -0.4 is 14.4 Å². The second-order valence-electron chi connectivity index (χ2n) is 14.6. The summed E-state index contributed by atoms with van der Waals surface area (Å²) in [4.78, 5) is 15.8. The van der Waals surface area contributed by atoms with E-state index in [0.717, 1.165) is 42.8 Å². The van der Waals surface area contributed by atoms with Crippen LogP contribution in [0.5, 0.6) is 5.75 Å². The van der Waals surface area contributed by atoms with Gasteiger partial charge in [0.15, 0.2) is 0 Å². The van der Waals surface area contributed by atoms with Crippen molar-refractivity contribution in [3.63, 3.8) is 0 Å². The molecule has 2 N–H and O–H groups in total. The van der Waals surface area contributed by atoms with Gasteiger partial charge in [0, 0.05) is 41.5 Å². The molecular weight excluding hydrogens is 636 g/mol. The number of hydrogen-bond acceptors (Lipinski definition) is 7. The van der Waals surface area contributed by atoms with E-state index in [9.17, 15) is 18.3 Å². The Morgan fingerprint density at radius 2 is 1.96 bits per heavy atom. The highest BCUT2D eigenvalue weighted by Crippen LogP contribution is 2.49. The number of fused-ring (bicyclic) bond motifs is 4. The molecule has 3 aromatic rings. The average Bonchev–Trinajstić information content (AvgIpc) is 3.47. The van der Waals surface area contributed by atoms with E-state index in [4.69, 9.17) is 16.3 Å². The van der Waals surface area contributed by atoms with E-state index in [1.807, 2.05) is 29.9 Å². The van der Waals surface area contributed by atoms with Gasteiger partial charge in [-0.3, -0.25) is 9.48 Å². The average molecular weight is 681 g/mol. The highest BCUT2D eigenvalue weighted by Gasteiger charge is 2.49. The van der Waals surface area contributed by atoms with Gasteiger partial charge in [-0.2, -0.15) is 5.10 Å². The maximum Gasteiger partial charge on any atom is 0.264 e. The van der Waals surface area contributed by atoms with Crippen molar-refractivity contribution in [1.29, 1.82) is 0 Å².